The normalized spacial score (nSPS) is 9.75. The maximum absolute atomic E-state index is 11.0. The highest BCUT2D eigenvalue weighted by molar-refractivity contribution is 9.10. The first-order valence-corrected chi connectivity index (χ1v) is 4.05. The minimum Gasteiger partial charge on any atom is -0.369 e. The molecular weight excluding hydrogens is 224 g/mol. The van der Waals surface area contributed by atoms with Crippen molar-refractivity contribution in [3.8, 4) is 0 Å². The van der Waals surface area contributed by atoms with E-state index in [1.54, 1.807) is 6.07 Å². The standard InChI is InChI=1S/C7H7BrN2O2/c8-6-4(3-5(9)11)1-2-10-7(6)12/h1-2H,3H2,(H2,9,11)(H,10,12). The zero-order chi connectivity index (χ0) is 9.14. The first-order valence-electron chi connectivity index (χ1n) is 3.25. The molecule has 3 N–H and O–H groups in total. The third kappa shape index (κ3) is 1.94. The topological polar surface area (TPSA) is 76.0 Å². The van der Waals surface area contributed by atoms with E-state index in [2.05, 4.69) is 20.9 Å². The van der Waals surface area contributed by atoms with Gasteiger partial charge in [-0.25, -0.2) is 0 Å². The minimum atomic E-state index is -0.457. The van der Waals surface area contributed by atoms with Crippen LogP contribution in [-0.4, -0.2) is 10.9 Å². The zero-order valence-electron chi connectivity index (χ0n) is 6.13. The minimum absolute atomic E-state index is 0.0739. The largest absolute Gasteiger partial charge is 0.369 e. The number of halogens is 1. The molecule has 1 rings (SSSR count). The van der Waals surface area contributed by atoms with E-state index in [0.29, 0.717) is 10.0 Å². The van der Waals surface area contributed by atoms with Gasteiger partial charge in [-0.2, -0.15) is 0 Å². The maximum Gasteiger partial charge on any atom is 0.262 e. The molecule has 0 aliphatic carbocycles. The van der Waals surface area contributed by atoms with Crippen LogP contribution in [0.1, 0.15) is 5.56 Å². The highest BCUT2D eigenvalue weighted by Gasteiger charge is 2.05. The summed E-state index contributed by atoms with van der Waals surface area (Å²) >= 11 is 3.06. The van der Waals surface area contributed by atoms with Gasteiger partial charge >= 0.3 is 0 Å². The van der Waals surface area contributed by atoms with Gasteiger partial charge in [0.1, 0.15) is 0 Å². The Labute approximate surface area is 76.9 Å². The van der Waals surface area contributed by atoms with Crippen molar-refractivity contribution in [2.45, 2.75) is 6.42 Å². The van der Waals surface area contributed by atoms with Crippen LogP contribution < -0.4 is 11.3 Å². The fraction of sp³-hybridized carbons (Fsp3) is 0.143. The lowest BCUT2D eigenvalue weighted by atomic mass is 10.2. The third-order valence-corrected chi connectivity index (χ3v) is 2.21. The van der Waals surface area contributed by atoms with Crippen LogP contribution in [0.4, 0.5) is 0 Å². The molecule has 0 saturated carbocycles. The fourth-order valence-corrected chi connectivity index (χ4v) is 1.21. The van der Waals surface area contributed by atoms with E-state index in [1.807, 2.05) is 0 Å². The molecule has 0 unspecified atom stereocenters. The molecule has 1 amide bonds. The molecule has 0 radical (unpaired) electrons. The van der Waals surface area contributed by atoms with Crippen LogP contribution in [0.5, 0.6) is 0 Å². The van der Waals surface area contributed by atoms with Crippen LogP contribution in [0.2, 0.25) is 0 Å². The molecule has 4 nitrogen and oxygen atoms in total. The summed E-state index contributed by atoms with van der Waals surface area (Å²) in [4.78, 5) is 23.9. The number of aromatic nitrogens is 1. The average molecular weight is 231 g/mol. The summed E-state index contributed by atoms with van der Waals surface area (Å²) in [6.45, 7) is 0. The molecule has 64 valence electrons. The molecule has 0 spiro atoms. The molecule has 0 aromatic carbocycles. The van der Waals surface area contributed by atoms with Gasteiger partial charge in [-0.3, -0.25) is 9.59 Å². The van der Waals surface area contributed by atoms with Crippen molar-refractivity contribution in [1.29, 1.82) is 0 Å². The van der Waals surface area contributed by atoms with Crippen LogP contribution in [0, 0.1) is 0 Å². The monoisotopic (exact) mass is 230 g/mol. The fourth-order valence-electron chi connectivity index (χ4n) is 0.825. The lowest BCUT2D eigenvalue weighted by Gasteiger charge is -1.98. The highest BCUT2D eigenvalue weighted by atomic mass is 79.9. The predicted octanol–water partition coefficient (Wildman–Crippen LogP) is 0.165. The van der Waals surface area contributed by atoms with Crippen molar-refractivity contribution in [2.75, 3.05) is 0 Å². The van der Waals surface area contributed by atoms with E-state index in [1.165, 1.54) is 6.20 Å². The number of H-pyrrole nitrogens is 1. The molecule has 0 fully saturated rings. The number of pyridine rings is 1. The van der Waals surface area contributed by atoms with E-state index >= 15 is 0 Å². The van der Waals surface area contributed by atoms with Crippen molar-refractivity contribution in [1.82, 2.24) is 4.98 Å². The lowest BCUT2D eigenvalue weighted by molar-refractivity contribution is -0.117. The van der Waals surface area contributed by atoms with Crippen LogP contribution in [0.3, 0.4) is 0 Å². The Morgan fingerprint density at radius 1 is 1.67 bits per heavy atom. The summed E-state index contributed by atoms with van der Waals surface area (Å²) in [6, 6.07) is 1.64. The van der Waals surface area contributed by atoms with Crippen molar-refractivity contribution in [3.05, 3.63) is 32.7 Å². The van der Waals surface area contributed by atoms with E-state index in [-0.39, 0.29) is 12.0 Å². The number of hydrogen-bond donors (Lipinski definition) is 2. The van der Waals surface area contributed by atoms with Gasteiger partial charge in [0.05, 0.1) is 10.9 Å². The molecule has 1 aromatic heterocycles. The Bertz CT molecular complexity index is 359. The number of carbonyl (C=O) groups excluding carboxylic acids is 1. The van der Waals surface area contributed by atoms with Crippen LogP contribution in [0.25, 0.3) is 0 Å². The number of aromatic amines is 1. The number of hydrogen-bond acceptors (Lipinski definition) is 2. The highest BCUT2D eigenvalue weighted by Crippen LogP contribution is 2.09. The van der Waals surface area contributed by atoms with Gasteiger partial charge in [0.25, 0.3) is 5.56 Å². The first kappa shape index (κ1) is 8.99. The number of nitrogens with one attached hydrogen (secondary N) is 1. The van der Waals surface area contributed by atoms with Crippen molar-refractivity contribution < 1.29 is 4.79 Å². The second-order valence-corrected chi connectivity index (χ2v) is 3.08. The maximum atomic E-state index is 11.0. The number of nitrogens with two attached hydrogens (primary N) is 1. The molecule has 0 atom stereocenters. The lowest BCUT2D eigenvalue weighted by Crippen LogP contribution is -2.17. The van der Waals surface area contributed by atoms with Gasteiger partial charge in [0.2, 0.25) is 5.91 Å². The first-order chi connectivity index (χ1) is 5.61. The molecule has 0 bridgehead atoms. The van der Waals surface area contributed by atoms with E-state index in [0.717, 1.165) is 0 Å². The summed E-state index contributed by atoms with van der Waals surface area (Å²) in [7, 11) is 0. The van der Waals surface area contributed by atoms with Gasteiger partial charge in [0.15, 0.2) is 0 Å². The third-order valence-electron chi connectivity index (χ3n) is 1.34. The van der Waals surface area contributed by atoms with Crippen LogP contribution >= 0.6 is 15.9 Å². The van der Waals surface area contributed by atoms with Crippen LogP contribution in [0.15, 0.2) is 21.5 Å². The molecule has 5 heteroatoms. The summed E-state index contributed by atoms with van der Waals surface area (Å²) in [6.07, 6.45) is 1.55. The number of carbonyl (C=O) groups is 1. The predicted molar refractivity (Wildman–Crippen MR) is 47.7 cm³/mol. The number of rotatable bonds is 2. The van der Waals surface area contributed by atoms with E-state index < -0.39 is 5.91 Å². The number of amides is 1. The van der Waals surface area contributed by atoms with Gasteiger partial charge in [-0.15, -0.1) is 0 Å². The Balaban J connectivity index is 3.08. The van der Waals surface area contributed by atoms with Gasteiger partial charge in [-0.05, 0) is 27.6 Å². The SMILES string of the molecule is NC(=O)Cc1cc[nH]c(=O)c1Br. The summed E-state index contributed by atoms with van der Waals surface area (Å²) in [5.41, 5.74) is 5.32. The molecule has 0 aliphatic heterocycles. The smallest absolute Gasteiger partial charge is 0.262 e. The second-order valence-electron chi connectivity index (χ2n) is 2.29. The molecule has 12 heavy (non-hydrogen) atoms. The summed E-state index contributed by atoms with van der Waals surface area (Å²) in [5.74, 6) is -0.457. The van der Waals surface area contributed by atoms with Gasteiger partial charge in [0, 0.05) is 6.20 Å². The van der Waals surface area contributed by atoms with E-state index in [4.69, 9.17) is 5.73 Å². The number of primary amides is 1. The molecule has 0 aliphatic rings. The quantitative estimate of drug-likeness (QED) is 0.760. The summed E-state index contributed by atoms with van der Waals surface area (Å²) < 4.78 is 0.365. The Morgan fingerprint density at radius 3 is 2.92 bits per heavy atom. The Hall–Kier alpha value is -1.10. The molecule has 0 saturated heterocycles. The van der Waals surface area contributed by atoms with Gasteiger partial charge < -0.3 is 10.7 Å². The Kier molecular flexibility index (Phi) is 2.65. The second kappa shape index (κ2) is 3.53. The van der Waals surface area contributed by atoms with Crippen LogP contribution in [-0.2, 0) is 11.2 Å². The average Bonchev–Trinajstić information content (AvgIpc) is 1.98. The zero-order valence-corrected chi connectivity index (χ0v) is 7.72. The van der Waals surface area contributed by atoms with Crippen molar-refractivity contribution in [2.24, 2.45) is 5.73 Å². The summed E-state index contributed by atoms with van der Waals surface area (Å²) in [5, 5.41) is 0. The van der Waals surface area contributed by atoms with E-state index in [9.17, 15) is 9.59 Å². The van der Waals surface area contributed by atoms with Crippen molar-refractivity contribution >= 4 is 21.8 Å². The molecule has 1 aromatic rings. The van der Waals surface area contributed by atoms with Crippen molar-refractivity contribution in [3.63, 3.8) is 0 Å². The molecular formula is C7H7BrN2O2. The Morgan fingerprint density at radius 2 is 2.33 bits per heavy atom. The van der Waals surface area contributed by atoms with Gasteiger partial charge in [-0.1, -0.05) is 0 Å². The molecule has 1 heterocycles.